The summed E-state index contributed by atoms with van der Waals surface area (Å²) in [4.78, 5) is 20.6. The van der Waals surface area contributed by atoms with Crippen molar-refractivity contribution in [2.75, 3.05) is 4.72 Å². The topological polar surface area (TPSA) is 132 Å². The fourth-order valence-electron chi connectivity index (χ4n) is 2.57. The van der Waals surface area contributed by atoms with Crippen LogP contribution in [0.4, 0.5) is 17.1 Å². The summed E-state index contributed by atoms with van der Waals surface area (Å²) in [7, 11) is -4.03. The molecule has 0 spiro atoms. The molecule has 0 saturated heterocycles. The maximum atomic E-state index is 12.5. The van der Waals surface area contributed by atoms with E-state index in [0.29, 0.717) is 11.1 Å². The molecule has 0 atom stereocenters. The largest absolute Gasteiger partial charge is 0.280 e. The van der Waals surface area contributed by atoms with Gasteiger partial charge in [0, 0.05) is 23.9 Å². The molecule has 28 heavy (non-hydrogen) atoms. The second kappa shape index (κ2) is 7.45. The fourth-order valence-corrected chi connectivity index (χ4v) is 3.67. The van der Waals surface area contributed by atoms with Gasteiger partial charge in [0.2, 0.25) is 0 Å². The molecular weight excluding hydrogens is 386 g/mol. The van der Waals surface area contributed by atoms with Crippen molar-refractivity contribution in [2.24, 2.45) is 0 Å². The number of nitro benzene ring substituents is 2. The Morgan fingerprint density at radius 2 is 1.46 bits per heavy atom. The van der Waals surface area contributed by atoms with Crippen LogP contribution in [-0.2, 0) is 10.0 Å². The summed E-state index contributed by atoms with van der Waals surface area (Å²) < 4.78 is 27.2. The average molecular weight is 399 g/mol. The molecule has 0 fully saturated rings. The molecule has 0 unspecified atom stereocenters. The molecule has 1 N–H and O–H groups in total. The van der Waals surface area contributed by atoms with Gasteiger partial charge in [-0.05, 0) is 29.8 Å². The van der Waals surface area contributed by atoms with Gasteiger partial charge in [-0.25, -0.2) is 8.42 Å². The first-order chi connectivity index (χ1) is 13.3. The second-order valence-electron chi connectivity index (χ2n) is 5.71. The van der Waals surface area contributed by atoms with Crippen LogP contribution in [0.1, 0.15) is 0 Å². The Morgan fingerprint density at radius 1 is 0.786 bits per heavy atom. The van der Waals surface area contributed by atoms with E-state index in [1.807, 2.05) is 0 Å². The number of sulfonamides is 1. The van der Waals surface area contributed by atoms with Gasteiger partial charge in [0.25, 0.3) is 21.4 Å². The lowest BCUT2D eigenvalue weighted by molar-refractivity contribution is -0.385. The van der Waals surface area contributed by atoms with Crippen LogP contribution in [0.2, 0.25) is 0 Å². The van der Waals surface area contributed by atoms with E-state index >= 15 is 0 Å². The first-order valence-electron chi connectivity index (χ1n) is 7.89. The van der Waals surface area contributed by atoms with Gasteiger partial charge in [0.15, 0.2) is 0 Å². The maximum absolute atomic E-state index is 12.5. The first-order valence-corrected chi connectivity index (χ1v) is 9.37. The molecule has 9 nitrogen and oxygen atoms in total. The van der Waals surface area contributed by atoms with Gasteiger partial charge in [0.05, 0.1) is 20.3 Å². The third kappa shape index (κ3) is 3.96. The van der Waals surface area contributed by atoms with Gasteiger partial charge in [-0.2, -0.15) is 0 Å². The molecule has 0 aliphatic carbocycles. The monoisotopic (exact) mass is 399 g/mol. The van der Waals surface area contributed by atoms with Crippen LogP contribution >= 0.6 is 0 Å². The standard InChI is InChI=1S/C18H13N3O6S/c22-20(23)15-4-3-5-16(12-15)28(26,27)19-14-10-8-13(9-11-14)17-6-1-2-7-18(17)21(24)25/h1-12,19H. The van der Waals surface area contributed by atoms with Crippen LogP contribution in [0.25, 0.3) is 11.1 Å². The van der Waals surface area contributed by atoms with Gasteiger partial charge in [-0.15, -0.1) is 0 Å². The van der Waals surface area contributed by atoms with E-state index in [0.717, 1.165) is 6.07 Å². The first kappa shape index (κ1) is 19.0. The average Bonchev–Trinajstić information content (AvgIpc) is 2.68. The third-order valence-corrected chi connectivity index (χ3v) is 5.27. The number of hydrogen-bond acceptors (Lipinski definition) is 6. The summed E-state index contributed by atoms with van der Waals surface area (Å²) in [6, 6.07) is 16.9. The number of nitro groups is 2. The second-order valence-corrected chi connectivity index (χ2v) is 7.39. The Hall–Kier alpha value is -3.79. The zero-order valence-corrected chi connectivity index (χ0v) is 15.0. The molecule has 142 valence electrons. The van der Waals surface area contributed by atoms with Gasteiger partial charge in [-0.1, -0.05) is 30.3 Å². The highest BCUT2D eigenvalue weighted by Crippen LogP contribution is 2.30. The van der Waals surface area contributed by atoms with Gasteiger partial charge in [0.1, 0.15) is 0 Å². The molecule has 0 aliphatic heterocycles. The van der Waals surface area contributed by atoms with Crippen molar-refractivity contribution in [3.05, 3.63) is 93.0 Å². The number of hydrogen-bond donors (Lipinski definition) is 1. The van der Waals surface area contributed by atoms with Crippen molar-refractivity contribution in [3.8, 4) is 11.1 Å². The fraction of sp³-hybridized carbons (Fsp3) is 0. The highest BCUT2D eigenvalue weighted by Gasteiger charge is 2.18. The van der Waals surface area contributed by atoms with Gasteiger partial charge < -0.3 is 0 Å². The molecule has 0 amide bonds. The Morgan fingerprint density at radius 3 is 2.11 bits per heavy atom. The number of para-hydroxylation sites is 1. The number of nitrogens with one attached hydrogen (secondary N) is 1. The summed E-state index contributed by atoms with van der Waals surface area (Å²) in [6.45, 7) is 0. The van der Waals surface area contributed by atoms with Crippen molar-refractivity contribution >= 4 is 27.1 Å². The number of nitrogens with zero attached hydrogens (tertiary/aromatic N) is 2. The van der Waals surface area contributed by atoms with Crippen molar-refractivity contribution in [3.63, 3.8) is 0 Å². The SMILES string of the molecule is O=[N+]([O-])c1cccc(S(=O)(=O)Nc2ccc(-c3ccccc3[N+](=O)[O-])cc2)c1. The minimum Gasteiger partial charge on any atom is -0.280 e. The predicted octanol–water partition coefficient (Wildman–Crippen LogP) is 3.97. The highest BCUT2D eigenvalue weighted by atomic mass is 32.2. The lowest BCUT2D eigenvalue weighted by Crippen LogP contribution is -2.13. The van der Waals surface area contributed by atoms with Crippen LogP contribution in [0.3, 0.4) is 0 Å². The molecule has 0 aliphatic rings. The Balaban J connectivity index is 1.88. The molecule has 3 aromatic carbocycles. The van der Waals surface area contributed by atoms with E-state index in [1.165, 1.54) is 36.4 Å². The lowest BCUT2D eigenvalue weighted by Gasteiger charge is -2.09. The summed E-state index contributed by atoms with van der Waals surface area (Å²) in [6.07, 6.45) is 0. The van der Waals surface area contributed by atoms with E-state index in [4.69, 9.17) is 0 Å². The van der Waals surface area contributed by atoms with Crippen LogP contribution in [-0.4, -0.2) is 18.3 Å². The number of rotatable bonds is 6. The molecular formula is C18H13N3O6S. The summed E-state index contributed by atoms with van der Waals surface area (Å²) in [5, 5.41) is 22.0. The van der Waals surface area contributed by atoms with E-state index in [9.17, 15) is 28.6 Å². The molecule has 0 radical (unpaired) electrons. The minimum absolute atomic E-state index is 0.0626. The summed E-state index contributed by atoms with van der Waals surface area (Å²) >= 11 is 0. The summed E-state index contributed by atoms with van der Waals surface area (Å²) in [5.41, 5.74) is 0.766. The zero-order valence-electron chi connectivity index (χ0n) is 14.2. The minimum atomic E-state index is -4.03. The lowest BCUT2D eigenvalue weighted by atomic mass is 10.0. The zero-order chi connectivity index (χ0) is 20.3. The summed E-state index contributed by atoms with van der Waals surface area (Å²) in [5.74, 6) is 0. The Bertz CT molecular complexity index is 1160. The van der Waals surface area contributed by atoms with Crippen molar-refractivity contribution in [1.29, 1.82) is 0 Å². The third-order valence-electron chi connectivity index (χ3n) is 3.89. The Kier molecular flexibility index (Phi) is 5.05. The van der Waals surface area contributed by atoms with E-state index in [-0.39, 0.29) is 22.0 Å². The van der Waals surface area contributed by atoms with Crippen LogP contribution in [0.5, 0.6) is 0 Å². The Labute approximate surface area is 159 Å². The molecule has 10 heteroatoms. The van der Waals surface area contributed by atoms with Crippen molar-refractivity contribution in [1.82, 2.24) is 0 Å². The molecule has 3 aromatic rings. The molecule has 0 aromatic heterocycles. The van der Waals surface area contributed by atoms with Crippen molar-refractivity contribution in [2.45, 2.75) is 4.90 Å². The van der Waals surface area contributed by atoms with E-state index in [2.05, 4.69) is 4.72 Å². The molecule has 0 saturated carbocycles. The quantitative estimate of drug-likeness (QED) is 0.492. The molecule has 0 heterocycles. The smallest absolute Gasteiger partial charge is 0.277 e. The predicted molar refractivity (Wildman–Crippen MR) is 102 cm³/mol. The van der Waals surface area contributed by atoms with Gasteiger partial charge >= 0.3 is 0 Å². The van der Waals surface area contributed by atoms with E-state index < -0.39 is 19.9 Å². The van der Waals surface area contributed by atoms with Crippen LogP contribution in [0.15, 0.2) is 77.7 Å². The maximum Gasteiger partial charge on any atom is 0.277 e. The van der Waals surface area contributed by atoms with E-state index in [1.54, 1.807) is 30.3 Å². The number of anilines is 1. The molecule has 0 bridgehead atoms. The number of benzene rings is 3. The van der Waals surface area contributed by atoms with Crippen molar-refractivity contribution < 1.29 is 18.3 Å². The van der Waals surface area contributed by atoms with Gasteiger partial charge in [-0.3, -0.25) is 25.0 Å². The number of non-ortho nitro benzene ring substituents is 1. The molecule has 3 rings (SSSR count). The normalized spacial score (nSPS) is 11.0. The van der Waals surface area contributed by atoms with Crippen LogP contribution in [0, 0.1) is 20.2 Å². The van der Waals surface area contributed by atoms with Crippen LogP contribution < -0.4 is 4.72 Å². The highest BCUT2D eigenvalue weighted by molar-refractivity contribution is 7.92.